The molecule has 200 valence electrons. The first kappa shape index (κ1) is 29.3. The first-order valence-corrected chi connectivity index (χ1v) is 13.3. The number of aliphatic hydroxyl groups is 1. The summed E-state index contributed by atoms with van der Waals surface area (Å²) in [5, 5.41) is 13.5. The molecule has 1 aliphatic carbocycles. The Hall–Kier alpha value is -1.89. The average molecular weight is 493 g/mol. The summed E-state index contributed by atoms with van der Waals surface area (Å²) < 4.78 is 5.42. The number of nitrogens with one attached hydrogen (secondary N) is 1. The minimum atomic E-state index is -0.790. The monoisotopic (exact) mass is 492 g/mol. The van der Waals surface area contributed by atoms with E-state index in [1.165, 1.54) is 0 Å². The number of rotatable bonds is 10. The largest absolute Gasteiger partial charge is 0.466 e. The van der Waals surface area contributed by atoms with Crippen molar-refractivity contribution in [2.45, 2.75) is 99.2 Å². The maximum absolute atomic E-state index is 14.0. The minimum Gasteiger partial charge on any atom is -0.466 e. The van der Waals surface area contributed by atoms with Gasteiger partial charge in [-0.2, -0.15) is 0 Å². The van der Waals surface area contributed by atoms with Crippen LogP contribution in [0.1, 0.15) is 81.6 Å². The van der Waals surface area contributed by atoms with Gasteiger partial charge in [-0.05, 0) is 50.9 Å². The van der Waals surface area contributed by atoms with E-state index in [1.54, 1.807) is 11.8 Å². The van der Waals surface area contributed by atoms with Crippen LogP contribution in [0, 0.1) is 35.0 Å². The number of nitrogens with zero attached hydrogens (tertiary/aromatic N) is 1. The quantitative estimate of drug-likeness (QED) is 0.356. The van der Waals surface area contributed by atoms with Gasteiger partial charge in [0, 0.05) is 11.5 Å². The molecule has 1 saturated heterocycles. The van der Waals surface area contributed by atoms with E-state index in [4.69, 9.17) is 4.74 Å². The van der Waals surface area contributed by atoms with E-state index in [9.17, 15) is 19.5 Å². The zero-order chi connectivity index (χ0) is 26.7. The van der Waals surface area contributed by atoms with Gasteiger partial charge in [-0.1, -0.05) is 60.1 Å². The van der Waals surface area contributed by atoms with Crippen molar-refractivity contribution in [1.82, 2.24) is 10.2 Å². The highest BCUT2D eigenvalue weighted by Gasteiger charge is 2.59. The normalized spacial score (nSPS) is 27.7. The summed E-state index contributed by atoms with van der Waals surface area (Å²) in [5.74, 6) is -2.78. The van der Waals surface area contributed by atoms with Crippen LogP contribution in [0.4, 0.5) is 0 Å². The number of hydrogen-bond acceptors (Lipinski definition) is 5. The number of fused-ring (bicyclic) bond motifs is 1. The fraction of sp³-hybridized carbons (Fsp3) is 0.821. The molecular weight excluding hydrogens is 444 g/mol. The molecule has 1 heterocycles. The first-order valence-electron chi connectivity index (χ1n) is 13.3. The summed E-state index contributed by atoms with van der Waals surface area (Å²) in [6.07, 6.45) is 6.37. The van der Waals surface area contributed by atoms with Crippen molar-refractivity contribution in [2.24, 2.45) is 35.0 Å². The number of amides is 2. The number of carbonyl (C=O) groups is 3. The molecular formula is C28H48N2O5. The predicted molar refractivity (Wildman–Crippen MR) is 137 cm³/mol. The van der Waals surface area contributed by atoms with Gasteiger partial charge in [-0.15, -0.1) is 0 Å². The lowest BCUT2D eigenvalue weighted by Crippen LogP contribution is -2.57. The zero-order valence-electron chi connectivity index (χ0n) is 23.3. The van der Waals surface area contributed by atoms with Crippen molar-refractivity contribution in [3.8, 4) is 0 Å². The number of allylic oxidation sites excluding steroid dienone is 1. The molecule has 2 aliphatic rings. The Labute approximate surface area is 212 Å². The Balaban J connectivity index is 2.55. The SMILES string of the molecule is CCC[C@@H]1C=C[C@H]2[C@@H](C(=O)N([C@@H](CO)C(C)C)[C@@H]2C(=O)NC(C)(C)CC(C)(C)C)[C@@H]1C(=O)OCC. The summed E-state index contributed by atoms with van der Waals surface area (Å²) in [6, 6.07) is -1.31. The van der Waals surface area contributed by atoms with Gasteiger partial charge < -0.3 is 20.1 Å². The van der Waals surface area contributed by atoms with Gasteiger partial charge in [0.05, 0.1) is 31.1 Å². The summed E-state index contributed by atoms with van der Waals surface area (Å²) >= 11 is 0. The molecule has 1 fully saturated rings. The third-order valence-corrected chi connectivity index (χ3v) is 7.24. The summed E-state index contributed by atoms with van der Waals surface area (Å²) in [5.41, 5.74) is -0.485. The van der Waals surface area contributed by atoms with Crippen molar-refractivity contribution in [1.29, 1.82) is 0 Å². The van der Waals surface area contributed by atoms with Crippen LogP contribution >= 0.6 is 0 Å². The van der Waals surface area contributed by atoms with E-state index >= 15 is 0 Å². The van der Waals surface area contributed by atoms with Gasteiger partial charge in [0.15, 0.2) is 0 Å². The fourth-order valence-corrected chi connectivity index (χ4v) is 6.37. The molecule has 0 aromatic rings. The van der Waals surface area contributed by atoms with E-state index in [0.29, 0.717) is 0 Å². The standard InChI is InChI=1S/C28H48N2O5/c1-10-12-18-13-14-19-22(21(18)26(34)35-11-2)25(33)30(20(15-31)17(3)4)23(19)24(32)29-28(8,9)16-27(5,6)7/h13-14,17-23,31H,10-12,15-16H2,1-9H3,(H,29,32)/t18-,19+,20+,21-,22-,23+/m1/s1. The lowest BCUT2D eigenvalue weighted by molar-refractivity contribution is -0.156. The van der Waals surface area contributed by atoms with Crippen LogP contribution in [-0.2, 0) is 19.1 Å². The summed E-state index contributed by atoms with van der Waals surface area (Å²) in [4.78, 5) is 42.6. The van der Waals surface area contributed by atoms with E-state index < -0.39 is 35.4 Å². The Morgan fingerprint density at radius 1 is 1.14 bits per heavy atom. The van der Waals surface area contributed by atoms with Crippen LogP contribution < -0.4 is 5.32 Å². The molecule has 0 radical (unpaired) electrons. The van der Waals surface area contributed by atoms with Crippen molar-refractivity contribution < 1.29 is 24.2 Å². The highest BCUT2D eigenvalue weighted by atomic mass is 16.5. The molecule has 2 N–H and O–H groups in total. The second-order valence-corrected chi connectivity index (χ2v) is 12.5. The van der Waals surface area contributed by atoms with Gasteiger partial charge in [0.1, 0.15) is 6.04 Å². The minimum absolute atomic E-state index is 0.00316. The van der Waals surface area contributed by atoms with E-state index in [2.05, 4.69) is 33.0 Å². The van der Waals surface area contributed by atoms with Gasteiger partial charge in [0.25, 0.3) is 0 Å². The van der Waals surface area contributed by atoms with Crippen LogP contribution in [0.5, 0.6) is 0 Å². The Kier molecular flexibility index (Phi) is 9.59. The first-order chi connectivity index (χ1) is 16.2. The number of likely N-dealkylation sites (tertiary alicyclic amines) is 1. The number of aliphatic hydroxyl groups excluding tert-OH is 1. The molecule has 0 spiro atoms. The van der Waals surface area contributed by atoms with E-state index in [-0.39, 0.29) is 48.2 Å². The molecule has 0 aromatic heterocycles. The van der Waals surface area contributed by atoms with Crippen molar-refractivity contribution >= 4 is 17.8 Å². The molecule has 7 heteroatoms. The van der Waals surface area contributed by atoms with Crippen LogP contribution in [0.15, 0.2) is 12.2 Å². The van der Waals surface area contributed by atoms with E-state index in [0.717, 1.165) is 19.3 Å². The van der Waals surface area contributed by atoms with Crippen LogP contribution in [0.25, 0.3) is 0 Å². The predicted octanol–water partition coefficient (Wildman–Crippen LogP) is 3.94. The Morgan fingerprint density at radius 3 is 2.26 bits per heavy atom. The van der Waals surface area contributed by atoms with Crippen molar-refractivity contribution in [2.75, 3.05) is 13.2 Å². The molecule has 0 unspecified atom stereocenters. The molecule has 0 aromatic carbocycles. The molecule has 2 rings (SSSR count). The van der Waals surface area contributed by atoms with Gasteiger partial charge in [0.2, 0.25) is 11.8 Å². The Bertz CT molecular complexity index is 798. The van der Waals surface area contributed by atoms with Crippen LogP contribution in [0.3, 0.4) is 0 Å². The lowest BCUT2D eigenvalue weighted by Gasteiger charge is -2.39. The maximum Gasteiger partial charge on any atom is 0.310 e. The second kappa shape index (κ2) is 11.4. The molecule has 0 bridgehead atoms. The third kappa shape index (κ3) is 6.66. The van der Waals surface area contributed by atoms with E-state index in [1.807, 2.05) is 39.8 Å². The fourth-order valence-electron chi connectivity index (χ4n) is 6.37. The molecule has 0 saturated carbocycles. The molecule has 2 amide bonds. The summed E-state index contributed by atoms with van der Waals surface area (Å²) in [7, 11) is 0. The highest BCUT2D eigenvalue weighted by Crippen LogP contribution is 2.47. The molecule has 6 atom stereocenters. The number of ether oxygens (including phenoxy) is 1. The van der Waals surface area contributed by atoms with Gasteiger partial charge in [-0.25, -0.2) is 0 Å². The zero-order valence-corrected chi connectivity index (χ0v) is 23.3. The highest BCUT2D eigenvalue weighted by molar-refractivity contribution is 5.96. The number of esters is 1. The molecule has 35 heavy (non-hydrogen) atoms. The Morgan fingerprint density at radius 2 is 1.77 bits per heavy atom. The van der Waals surface area contributed by atoms with Crippen molar-refractivity contribution in [3.63, 3.8) is 0 Å². The van der Waals surface area contributed by atoms with Gasteiger partial charge >= 0.3 is 5.97 Å². The van der Waals surface area contributed by atoms with Crippen LogP contribution in [0.2, 0.25) is 0 Å². The van der Waals surface area contributed by atoms with Crippen molar-refractivity contribution in [3.05, 3.63) is 12.2 Å². The maximum atomic E-state index is 14.0. The second-order valence-electron chi connectivity index (χ2n) is 12.5. The summed E-state index contributed by atoms with van der Waals surface area (Å²) in [6.45, 7) is 18.1. The number of hydrogen-bond donors (Lipinski definition) is 2. The lowest BCUT2D eigenvalue weighted by atomic mass is 9.68. The molecule has 7 nitrogen and oxygen atoms in total. The number of carbonyl (C=O) groups excluding carboxylic acids is 3. The topological polar surface area (TPSA) is 95.9 Å². The average Bonchev–Trinajstić information content (AvgIpc) is 2.99. The third-order valence-electron chi connectivity index (χ3n) is 7.24. The smallest absolute Gasteiger partial charge is 0.310 e. The van der Waals surface area contributed by atoms with Crippen LogP contribution in [-0.4, -0.2) is 58.6 Å². The molecule has 1 aliphatic heterocycles. The van der Waals surface area contributed by atoms with Gasteiger partial charge in [-0.3, -0.25) is 14.4 Å².